The van der Waals surface area contributed by atoms with E-state index in [1.54, 1.807) is 13.2 Å². The van der Waals surface area contributed by atoms with Gasteiger partial charge in [-0.15, -0.1) is 0 Å². The fourth-order valence-electron chi connectivity index (χ4n) is 2.29. The lowest BCUT2D eigenvalue weighted by Gasteiger charge is -2.06. The van der Waals surface area contributed by atoms with Gasteiger partial charge in [0.05, 0.1) is 19.0 Å². The number of ketones is 1. The molecule has 0 aliphatic carbocycles. The van der Waals surface area contributed by atoms with E-state index in [9.17, 15) is 4.79 Å². The molecule has 0 fully saturated rings. The third-order valence-electron chi connectivity index (χ3n) is 3.60. The Bertz CT molecular complexity index is 842. The predicted molar refractivity (Wildman–Crippen MR) is 88.6 cm³/mol. The van der Waals surface area contributed by atoms with E-state index < -0.39 is 0 Å². The minimum Gasteiger partial charge on any atom is -0.497 e. The predicted octanol–water partition coefficient (Wildman–Crippen LogP) is 3.69. The number of benzene rings is 2. The van der Waals surface area contributed by atoms with Gasteiger partial charge in [0, 0.05) is 16.7 Å². The Hall–Kier alpha value is -3.01. The number of methoxy groups -OCH3 is 1. The van der Waals surface area contributed by atoms with E-state index in [1.807, 2.05) is 55.5 Å². The number of hydrogen-bond acceptors (Lipinski definition) is 4. The van der Waals surface area contributed by atoms with Crippen molar-refractivity contribution in [2.45, 2.75) is 6.92 Å². The first-order valence-corrected chi connectivity index (χ1v) is 7.26. The molecule has 3 aromatic rings. The summed E-state index contributed by atoms with van der Waals surface area (Å²) in [5.41, 5.74) is 3.77. The van der Waals surface area contributed by atoms with Crippen molar-refractivity contribution in [3.63, 3.8) is 0 Å². The fraction of sp³-hybridized carbons (Fsp3) is 0.105. The van der Waals surface area contributed by atoms with Gasteiger partial charge in [-0.3, -0.25) is 4.79 Å². The molecule has 0 N–H and O–H groups in total. The smallest absolute Gasteiger partial charge is 0.194 e. The van der Waals surface area contributed by atoms with Crippen LogP contribution in [0.3, 0.4) is 0 Å². The molecule has 0 amide bonds. The summed E-state index contributed by atoms with van der Waals surface area (Å²) in [6, 6.07) is 16.8. The van der Waals surface area contributed by atoms with E-state index >= 15 is 0 Å². The maximum atomic E-state index is 12.6. The van der Waals surface area contributed by atoms with Crippen LogP contribution in [0.2, 0.25) is 0 Å². The van der Waals surface area contributed by atoms with Crippen molar-refractivity contribution in [1.82, 2.24) is 10.2 Å². The average molecular weight is 304 g/mol. The Kier molecular flexibility index (Phi) is 4.15. The molecule has 0 saturated heterocycles. The second kappa shape index (κ2) is 6.40. The van der Waals surface area contributed by atoms with Gasteiger partial charge in [0.25, 0.3) is 0 Å². The molecule has 0 radical (unpaired) electrons. The molecule has 0 saturated carbocycles. The SMILES string of the molecule is COc1cccc(-c2cc(C(=O)c3ccc(C)cc3)cnn2)c1. The molecule has 2 aromatic carbocycles. The molecule has 0 aliphatic rings. The van der Waals surface area contributed by atoms with Crippen LogP contribution >= 0.6 is 0 Å². The highest BCUT2D eigenvalue weighted by molar-refractivity contribution is 6.09. The second-order valence-corrected chi connectivity index (χ2v) is 5.26. The fourth-order valence-corrected chi connectivity index (χ4v) is 2.29. The zero-order valence-corrected chi connectivity index (χ0v) is 13.0. The highest BCUT2D eigenvalue weighted by atomic mass is 16.5. The lowest BCUT2D eigenvalue weighted by atomic mass is 10.0. The van der Waals surface area contributed by atoms with Gasteiger partial charge in [0.2, 0.25) is 0 Å². The first-order valence-electron chi connectivity index (χ1n) is 7.26. The summed E-state index contributed by atoms with van der Waals surface area (Å²) in [5, 5.41) is 8.09. The minimum absolute atomic E-state index is 0.0657. The van der Waals surface area contributed by atoms with E-state index in [0.29, 0.717) is 16.8 Å². The van der Waals surface area contributed by atoms with Crippen LogP contribution in [0.5, 0.6) is 5.75 Å². The molecule has 1 heterocycles. The monoisotopic (exact) mass is 304 g/mol. The molecule has 0 bridgehead atoms. The van der Waals surface area contributed by atoms with Gasteiger partial charge in [0.1, 0.15) is 5.75 Å². The quantitative estimate of drug-likeness (QED) is 0.690. The molecule has 23 heavy (non-hydrogen) atoms. The first-order chi connectivity index (χ1) is 11.2. The van der Waals surface area contributed by atoms with Gasteiger partial charge >= 0.3 is 0 Å². The summed E-state index contributed by atoms with van der Waals surface area (Å²) in [7, 11) is 1.61. The zero-order valence-electron chi connectivity index (χ0n) is 13.0. The van der Waals surface area contributed by atoms with Crippen molar-refractivity contribution < 1.29 is 9.53 Å². The van der Waals surface area contributed by atoms with Crippen molar-refractivity contribution in [2.24, 2.45) is 0 Å². The van der Waals surface area contributed by atoms with Gasteiger partial charge in [-0.05, 0) is 25.1 Å². The Labute approximate surface area is 134 Å². The molecule has 0 aliphatic heterocycles. The number of nitrogens with zero attached hydrogens (tertiary/aromatic N) is 2. The molecule has 0 spiro atoms. The molecular formula is C19H16N2O2. The normalized spacial score (nSPS) is 10.3. The highest BCUT2D eigenvalue weighted by Crippen LogP contribution is 2.23. The molecule has 4 nitrogen and oxygen atoms in total. The van der Waals surface area contributed by atoms with Crippen molar-refractivity contribution in [3.8, 4) is 17.0 Å². The molecule has 4 heteroatoms. The number of rotatable bonds is 4. The zero-order chi connectivity index (χ0) is 16.2. The van der Waals surface area contributed by atoms with Crippen molar-refractivity contribution in [3.05, 3.63) is 77.5 Å². The standard InChI is InChI=1S/C19H16N2O2/c1-13-6-8-14(9-7-13)19(22)16-11-18(21-20-12-16)15-4-3-5-17(10-15)23-2/h3-12H,1-2H3. The number of aryl methyl sites for hydroxylation is 1. The number of carbonyl (C=O) groups excluding carboxylic acids is 1. The van der Waals surface area contributed by atoms with E-state index in [-0.39, 0.29) is 5.78 Å². The number of ether oxygens (including phenoxy) is 1. The third-order valence-corrected chi connectivity index (χ3v) is 3.60. The molecule has 114 valence electrons. The van der Waals surface area contributed by atoms with Crippen LogP contribution in [0.4, 0.5) is 0 Å². The third kappa shape index (κ3) is 3.26. The van der Waals surface area contributed by atoms with Gasteiger partial charge in [-0.25, -0.2) is 0 Å². The Morgan fingerprint density at radius 2 is 1.78 bits per heavy atom. The summed E-state index contributed by atoms with van der Waals surface area (Å²) in [6.45, 7) is 1.99. The first kappa shape index (κ1) is 14.9. The lowest BCUT2D eigenvalue weighted by molar-refractivity contribution is 0.103. The lowest BCUT2D eigenvalue weighted by Crippen LogP contribution is -2.03. The maximum Gasteiger partial charge on any atom is 0.194 e. The van der Waals surface area contributed by atoms with Crippen LogP contribution in [-0.2, 0) is 0 Å². The molecule has 0 unspecified atom stereocenters. The van der Waals surface area contributed by atoms with Gasteiger partial charge < -0.3 is 4.74 Å². The van der Waals surface area contributed by atoms with Gasteiger partial charge in [0.15, 0.2) is 5.78 Å². The molecule has 0 atom stereocenters. The Balaban J connectivity index is 1.96. The highest BCUT2D eigenvalue weighted by Gasteiger charge is 2.11. The largest absolute Gasteiger partial charge is 0.497 e. The van der Waals surface area contributed by atoms with Crippen LogP contribution in [-0.4, -0.2) is 23.1 Å². The van der Waals surface area contributed by atoms with Crippen LogP contribution < -0.4 is 4.74 Å². The molecule has 1 aromatic heterocycles. The van der Waals surface area contributed by atoms with Crippen molar-refractivity contribution in [1.29, 1.82) is 0 Å². The number of carbonyl (C=O) groups is 1. The van der Waals surface area contributed by atoms with Crippen LogP contribution in [0, 0.1) is 6.92 Å². The second-order valence-electron chi connectivity index (χ2n) is 5.26. The molecular weight excluding hydrogens is 288 g/mol. The van der Waals surface area contributed by atoms with E-state index in [1.165, 1.54) is 6.20 Å². The Morgan fingerprint density at radius 3 is 2.52 bits per heavy atom. The van der Waals surface area contributed by atoms with Crippen LogP contribution in [0.1, 0.15) is 21.5 Å². The van der Waals surface area contributed by atoms with Crippen LogP contribution in [0.25, 0.3) is 11.3 Å². The summed E-state index contributed by atoms with van der Waals surface area (Å²) in [6.07, 6.45) is 1.49. The van der Waals surface area contributed by atoms with E-state index in [4.69, 9.17) is 4.74 Å². The topological polar surface area (TPSA) is 52.1 Å². The molecule has 3 rings (SSSR count). The van der Waals surface area contributed by atoms with Gasteiger partial charge in [-0.2, -0.15) is 10.2 Å². The van der Waals surface area contributed by atoms with Crippen molar-refractivity contribution >= 4 is 5.78 Å². The minimum atomic E-state index is -0.0657. The maximum absolute atomic E-state index is 12.6. The summed E-state index contributed by atoms with van der Waals surface area (Å²) in [4.78, 5) is 12.6. The van der Waals surface area contributed by atoms with E-state index in [0.717, 1.165) is 16.9 Å². The number of hydrogen-bond donors (Lipinski definition) is 0. The Morgan fingerprint density at radius 1 is 1.00 bits per heavy atom. The summed E-state index contributed by atoms with van der Waals surface area (Å²) in [5.74, 6) is 0.670. The van der Waals surface area contributed by atoms with Gasteiger partial charge in [-0.1, -0.05) is 42.0 Å². The summed E-state index contributed by atoms with van der Waals surface area (Å²) < 4.78 is 5.22. The number of aromatic nitrogens is 2. The van der Waals surface area contributed by atoms with Crippen molar-refractivity contribution in [2.75, 3.05) is 7.11 Å². The summed E-state index contributed by atoms with van der Waals surface area (Å²) >= 11 is 0. The van der Waals surface area contributed by atoms with E-state index in [2.05, 4.69) is 10.2 Å². The van der Waals surface area contributed by atoms with Crippen LogP contribution in [0.15, 0.2) is 60.8 Å². The average Bonchev–Trinajstić information content (AvgIpc) is 2.62.